The highest BCUT2D eigenvalue weighted by Gasteiger charge is 2.31. The number of hydrogen-bond acceptors (Lipinski definition) is 4. The van der Waals surface area contributed by atoms with E-state index in [9.17, 15) is 13.2 Å². The number of nitrogens with two attached hydrogens (primary N) is 1. The fourth-order valence-corrected chi connectivity index (χ4v) is 2.80. The normalized spacial score (nSPS) is 15.2. The maximum Gasteiger partial charge on any atom is 0.416 e. The molecule has 122 valence electrons. The second-order valence-electron chi connectivity index (χ2n) is 5.63. The molecule has 2 aromatic rings. The molecule has 0 saturated carbocycles. The molecule has 1 aliphatic heterocycles. The van der Waals surface area contributed by atoms with Crippen molar-refractivity contribution in [3.63, 3.8) is 0 Å². The Bertz CT molecular complexity index is 722. The number of halogens is 3. The van der Waals surface area contributed by atoms with E-state index in [4.69, 9.17) is 5.73 Å². The molecule has 1 saturated heterocycles. The van der Waals surface area contributed by atoms with Gasteiger partial charge in [0.25, 0.3) is 0 Å². The summed E-state index contributed by atoms with van der Waals surface area (Å²) >= 11 is 0. The average molecular weight is 322 g/mol. The standard InChI is InChI=1S/C16H17F3N4/c1-10-21-14(11-5-4-6-12(9-11)16(17,18)19)13(20)15(22-10)23-7-2-3-8-23/h4-6,9H,2-3,7-8,20H2,1H3. The van der Waals surface area contributed by atoms with E-state index >= 15 is 0 Å². The molecule has 0 aliphatic carbocycles. The largest absolute Gasteiger partial charge is 0.416 e. The van der Waals surface area contributed by atoms with E-state index in [0.717, 1.165) is 38.1 Å². The van der Waals surface area contributed by atoms with Crippen LogP contribution in [0.25, 0.3) is 11.3 Å². The zero-order chi connectivity index (χ0) is 16.6. The zero-order valence-corrected chi connectivity index (χ0v) is 12.7. The van der Waals surface area contributed by atoms with Crippen molar-refractivity contribution >= 4 is 11.5 Å². The predicted octanol–water partition coefficient (Wildman–Crippen LogP) is 3.65. The van der Waals surface area contributed by atoms with Gasteiger partial charge in [-0.3, -0.25) is 0 Å². The Hall–Kier alpha value is -2.31. The number of hydrogen-bond donors (Lipinski definition) is 1. The molecule has 0 spiro atoms. The van der Waals surface area contributed by atoms with Crippen molar-refractivity contribution < 1.29 is 13.2 Å². The number of aromatic nitrogens is 2. The first-order valence-electron chi connectivity index (χ1n) is 7.43. The minimum Gasteiger partial charge on any atom is -0.394 e. The Labute approximate surface area is 132 Å². The van der Waals surface area contributed by atoms with Gasteiger partial charge in [-0.2, -0.15) is 13.2 Å². The summed E-state index contributed by atoms with van der Waals surface area (Å²) in [5.74, 6) is 1.11. The summed E-state index contributed by atoms with van der Waals surface area (Å²) in [4.78, 5) is 10.7. The van der Waals surface area contributed by atoms with Gasteiger partial charge in [-0.15, -0.1) is 0 Å². The van der Waals surface area contributed by atoms with E-state index in [1.165, 1.54) is 6.07 Å². The van der Waals surface area contributed by atoms with Gasteiger partial charge in [0.1, 0.15) is 11.5 Å². The van der Waals surface area contributed by atoms with Crippen LogP contribution in [0.5, 0.6) is 0 Å². The quantitative estimate of drug-likeness (QED) is 0.917. The van der Waals surface area contributed by atoms with E-state index in [-0.39, 0.29) is 0 Å². The number of nitrogen functional groups attached to an aromatic ring is 1. The molecule has 0 atom stereocenters. The van der Waals surface area contributed by atoms with Crippen LogP contribution in [-0.4, -0.2) is 23.1 Å². The molecule has 1 fully saturated rings. The van der Waals surface area contributed by atoms with Crippen LogP contribution in [0.1, 0.15) is 24.2 Å². The van der Waals surface area contributed by atoms with Crippen molar-refractivity contribution in [3.8, 4) is 11.3 Å². The lowest BCUT2D eigenvalue weighted by Crippen LogP contribution is -2.21. The van der Waals surface area contributed by atoms with Crippen molar-refractivity contribution in [3.05, 3.63) is 35.7 Å². The number of aryl methyl sites for hydroxylation is 1. The number of nitrogens with zero attached hydrogens (tertiary/aromatic N) is 3. The smallest absolute Gasteiger partial charge is 0.394 e. The van der Waals surface area contributed by atoms with Gasteiger partial charge in [-0.25, -0.2) is 9.97 Å². The minimum absolute atomic E-state index is 0.330. The Morgan fingerprint density at radius 3 is 2.48 bits per heavy atom. The summed E-state index contributed by atoms with van der Waals surface area (Å²) in [5.41, 5.74) is 6.49. The van der Waals surface area contributed by atoms with Gasteiger partial charge in [0, 0.05) is 18.7 Å². The van der Waals surface area contributed by atoms with Gasteiger partial charge in [0.2, 0.25) is 0 Å². The van der Waals surface area contributed by atoms with Gasteiger partial charge >= 0.3 is 6.18 Å². The molecular weight excluding hydrogens is 305 g/mol. The summed E-state index contributed by atoms with van der Waals surface area (Å²) < 4.78 is 38.7. The Morgan fingerprint density at radius 2 is 1.83 bits per heavy atom. The van der Waals surface area contributed by atoms with Crippen LogP contribution in [0, 0.1) is 6.92 Å². The molecule has 2 N–H and O–H groups in total. The third-order valence-corrected chi connectivity index (χ3v) is 3.91. The monoisotopic (exact) mass is 322 g/mol. The molecular formula is C16H17F3N4. The van der Waals surface area contributed by atoms with E-state index in [1.807, 2.05) is 0 Å². The van der Waals surface area contributed by atoms with Gasteiger partial charge in [-0.05, 0) is 31.9 Å². The van der Waals surface area contributed by atoms with E-state index in [2.05, 4.69) is 14.9 Å². The molecule has 0 radical (unpaired) electrons. The fourth-order valence-electron chi connectivity index (χ4n) is 2.80. The van der Waals surface area contributed by atoms with Crippen LogP contribution in [0.15, 0.2) is 24.3 Å². The molecule has 0 amide bonds. The van der Waals surface area contributed by atoms with Crippen molar-refractivity contribution in [1.29, 1.82) is 0 Å². The third-order valence-electron chi connectivity index (χ3n) is 3.91. The molecule has 1 aromatic heterocycles. The molecule has 1 aromatic carbocycles. The summed E-state index contributed by atoms with van der Waals surface area (Å²) in [6.07, 6.45) is -2.28. The highest BCUT2D eigenvalue weighted by Crippen LogP contribution is 2.36. The van der Waals surface area contributed by atoms with Gasteiger partial charge in [0.05, 0.1) is 11.3 Å². The molecule has 3 rings (SSSR count). The van der Waals surface area contributed by atoms with Crippen molar-refractivity contribution in [2.24, 2.45) is 0 Å². The highest BCUT2D eigenvalue weighted by molar-refractivity contribution is 5.81. The first-order valence-corrected chi connectivity index (χ1v) is 7.43. The SMILES string of the molecule is Cc1nc(-c2cccc(C(F)(F)F)c2)c(N)c(N2CCCC2)n1. The Morgan fingerprint density at radius 1 is 1.13 bits per heavy atom. The second-order valence-corrected chi connectivity index (χ2v) is 5.63. The first-order chi connectivity index (χ1) is 10.9. The minimum atomic E-state index is -4.40. The molecule has 23 heavy (non-hydrogen) atoms. The molecule has 0 bridgehead atoms. The molecule has 7 heteroatoms. The van der Waals surface area contributed by atoms with Crippen molar-refractivity contribution in [1.82, 2.24) is 9.97 Å². The van der Waals surface area contributed by atoms with Crippen LogP contribution in [0.3, 0.4) is 0 Å². The number of alkyl halides is 3. The molecule has 2 heterocycles. The lowest BCUT2D eigenvalue weighted by atomic mass is 10.1. The molecule has 1 aliphatic rings. The summed E-state index contributed by atoms with van der Waals surface area (Å²) in [7, 11) is 0. The fraction of sp³-hybridized carbons (Fsp3) is 0.375. The number of benzene rings is 1. The number of anilines is 2. The number of rotatable bonds is 2. The Kier molecular flexibility index (Phi) is 3.87. The van der Waals surface area contributed by atoms with Gasteiger partial charge in [0.15, 0.2) is 5.82 Å². The zero-order valence-electron chi connectivity index (χ0n) is 12.7. The summed E-state index contributed by atoms with van der Waals surface area (Å²) in [5, 5.41) is 0. The lowest BCUT2D eigenvalue weighted by molar-refractivity contribution is -0.137. The maximum absolute atomic E-state index is 12.9. The summed E-state index contributed by atoms with van der Waals surface area (Å²) in [6.45, 7) is 3.42. The maximum atomic E-state index is 12.9. The predicted molar refractivity (Wildman–Crippen MR) is 83.1 cm³/mol. The van der Waals surface area contributed by atoms with Gasteiger partial charge < -0.3 is 10.6 Å². The van der Waals surface area contributed by atoms with Crippen molar-refractivity contribution in [2.75, 3.05) is 23.7 Å². The van der Waals surface area contributed by atoms with E-state index in [1.54, 1.807) is 13.0 Å². The average Bonchev–Trinajstić information content (AvgIpc) is 3.02. The topological polar surface area (TPSA) is 55.0 Å². The van der Waals surface area contributed by atoms with Crippen LogP contribution in [0.2, 0.25) is 0 Å². The van der Waals surface area contributed by atoms with Crippen LogP contribution in [-0.2, 0) is 6.18 Å². The van der Waals surface area contributed by atoms with E-state index in [0.29, 0.717) is 28.6 Å². The molecule has 0 unspecified atom stereocenters. The van der Waals surface area contributed by atoms with Gasteiger partial charge in [-0.1, -0.05) is 12.1 Å². The highest BCUT2D eigenvalue weighted by atomic mass is 19.4. The lowest BCUT2D eigenvalue weighted by Gasteiger charge is -2.20. The van der Waals surface area contributed by atoms with E-state index < -0.39 is 11.7 Å². The second kappa shape index (κ2) is 5.72. The van der Waals surface area contributed by atoms with Crippen LogP contribution < -0.4 is 10.6 Å². The molecule has 4 nitrogen and oxygen atoms in total. The third kappa shape index (κ3) is 3.09. The van der Waals surface area contributed by atoms with Crippen LogP contribution >= 0.6 is 0 Å². The summed E-state index contributed by atoms with van der Waals surface area (Å²) in [6, 6.07) is 5.06. The van der Waals surface area contributed by atoms with Crippen molar-refractivity contribution in [2.45, 2.75) is 25.9 Å². The first kappa shape index (κ1) is 15.6. The Balaban J connectivity index is 2.09. The van der Waals surface area contributed by atoms with Crippen LogP contribution in [0.4, 0.5) is 24.7 Å².